The van der Waals surface area contributed by atoms with Gasteiger partial charge in [0.05, 0.1) is 21.8 Å². The molecule has 0 radical (unpaired) electrons. The van der Waals surface area contributed by atoms with Gasteiger partial charge in [0.25, 0.3) is 0 Å². The van der Waals surface area contributed by atoms with Crippen LogP contribution in [-0.2, 0) is 10.0 Å². The summed E-state index contributed by atoms with van der Waals surface area (Å²) in [4.78, 5) is 8.79. The molecule has 3 N–H and O–H groups in total. The van der Waals surface area contributed by atoms with Crippen molar-refractivity contribution in [2.45, 2.75) is 4.90 Å². The average Bonchev–Trinajstić information content (AvgIpc) is 2.75. The number of halogens is 1. The van der Waals surface area contributed by atoms with E-state index >= 15 is 0 Å². The van der Waals surface area contributed by atoms with Gasteiger partial charge in [0.1, 0.15) is 0 Å². The molecule has 4 aromatic rings. The van der Waals surface area contributed by atoms with E-state index in [4.69, 9.17) is 16.7 Å². The molecule has 1 aromatic heterocycles. The largest absolute Gasteiger partial charge is 0.324 e. The summed E-state index contributed by atoms with van der Waals surface area (Å²) >= 11 is 6.37. The van der Waals surface area contributed by atoms with Crippen LogP contribution in [0.25, 0.3) is 22.4 Å². The fourth-order valence-corrected chi connectivity index (χ4v) is 3.68. The van der Waals surface area contributed by atoms with Crippen LogP contribution in [0.2, 0.25) is 5.02 Å². The summed E-state index contributed by atoms with van der Waals surface area (Å²) in [5, 5.41) is 8.60. The monoisotopic (exact) mass is 436 g/mol. The Morgan fingerprint density at radius 3 is 2.20 bits per heavy atom. The quantitative estimate of drug-likeness (QED) is 0.465. The topological polar surface area (TPSA) is 98.0 Å². The van der Waals surface area contributed by atoms with Gasteiger partial charge in [0, 0.05) is 11.3 Å². The second-order valence-corrected chi connectivity index (χ2v) is 8.50. The number of aromatic nitrogens is 2. The molecule has 4 rings (SSSR count). The number of sulfonamides is 1. The van der Waals surface area contributed by atoms with Gasteiger partial charge in [0.2, 0.25) is 16.0 Å². The van der Waals surface area contributed by atoms with Gasteiger partial charge in [-0.25, -0.2) is 23.5 Å². The van der Waals surface area contributed by atoms with Crippen LogP contribution < -0.4 is 10.5 Å². The fourth-order valence-electron chi connectivity index (χ4n) is 2.96. The minimum atomic E-state index is -3.74. The Kier molecular flexibility index (Phi) is 5.50. The molecular formula is C22H17ClN4O2S. The van der Waals surface area contributed by atoms with E-state index in [1.54, 1.807) is 12.1 Å². The van der Waals surface area contributed by atoms with Gasteiger partial charge in [-0.2, -0.15) is 0 Å². The van der Waals surface area contributed by atoms with E-state index in [0.29, 0.717) is 22.4 Å². The van der Waals surface area contributed by atoms with E-state index in [1.165, 1.54) is 18.3 Å². The second-order valence-electron chi connectivity index (χ2n) is 6.53. The first-order chi connectivity index (χ1) is 14.4. The van der Waals surface area contributed by atoms with Crippen LogP contribution in [0.1, 0.15) is 0 Å². The van der Waals surface area contributed by atoms with Crippen LogP contribution in [-0.4, -0.2) is 18.4 Å². The lowest BCUT2D eigenvalue weighted by atomic mass is 10.0. The lowest BCUT2D eigenvalue weighted by Crippen LogP contribution is -2.11. The van der Waals surface area contributed by atoms with Crippen molar-refractivity contribution in [1.29, 1.82) is 0 Å². The Morgan fingerprint density at radius 1 is 0.833 bits per heavy atom. The standard InChI is InChI=1S/C22H17ClN4O2S/c23-20-14-25-22(26-18-9-11-19(12-10-18)30(24,28)29)27-21(20)17-8-4-7-16(13-17)15-5-2-1-3-6-15/h1-14H,(H2,24,28,29)(H,25,26,27). The van der Waals surface area contributed by atoms with E-state index in [2.05, 4.69) is 15.3 Å². The molecule has 0 bridgehead atoms. The minimum Gasteiger partial charge on any atom is -0.324 e. The summed E-state index contributed by atoms with van der Waals surface area (Å²) in [5.41, 5.74) is 4.21. The molecule has 150 valence electrons. The summed E-state index contributed by atoms with van der Waals surface area (Å²) in [7, 11) is -3.74. The van der Waals surface area contributed by atoms with Crippen molar-refractivity contribution in [3.8, 4) is 22.4 Å². The van der Waals surface area contributed by atoms with Crippen molar-refractivity contribution in [2.75, 3.05) is 5.32 Å². The molecule has 0 saturated heterocycles. The zero-order valence-corrected chi connectivity index (χ0v) is 17.2. The molecule has 0 spiro atoms. The summed E-state index contributed by atoms with van der Waals surface area (Å²) in [6, 6.07) is 24.0. The van der Waals surface area contributed by atoms with E-state index in [-0.39, 0.29) is 4.90 Å². The van der Waals surface area contributed by atoms with Gasteiger partial charge < -0.3 is 5.32 Å². The first-order valence-electron chi connectivity index (χ1n) is 8.98. The predicted molar refractivity (Wildman–Crippen MR) is 119 cm³/mol. The SMILES string of the molecule is NS(=O)(=O)c1ccc(Nc2ncc(Cl)c(-c3cccc(-c4ccccc4)c3)n2)cc1. The average molecular weight is 437 g/mol. The number of benzene rings is 3. The van der Waals surface area contributed by atoms with Crippen molar-refractivity contribution >= 4 is 33.3 Å². The molecule has 0 aliphatic rings. The Hall–Kier alpha value is -3.26. The lowest BCUT2D eigenvalue weighted by Gasteiger charge is -2.10. The van der Waals surface area contributed by atoms with Gasteiger partial charge in [-0.15, -0.1) is 0 Å². The van der Waals surface area contributed by atoms with Gasteiger partial charge in [-0.1, -0.05) is 60.1 Å². The molecule has 1 heterocycles. The first kappa shape index (κ1) is 20.0. The summed E-state index contributed by atoms with van der Waals surface area (Å²) in [5.74, 6) is 0.336. The van der Waals surface area contributed by atoms with Gasteiger partial charge in [0.15, 0.2) is 0 Å². The Morgan fingerprint density at radius 2 is 1.50 bits per heavy atom. The number of nitrogens with two attached hydrogens (primary N) is 1. The number of hydrogen-bond donors (Lipinski definition) is 2. The van der Waals surface area contributed by atoms with E-state index < -0.39 is 10.0 Å². The molecule has 3 aromatic carbocycles. The van der Waals surface area contributed by atoms with Crippen LogP contribution in [0.4, 0.5) is 11.6 Å². The van der Waals surface area contributed by atoms with Gasteiger partial charge in [-0.3, -0.25) is 0 Å². The third-order valence-corrected chi connectivity index (χ3v) is 5.63. The third kappa shape index (κ3) is 4.49. The summed E-state index contributed by atoms with van der Waals surface area (Å²) in [6.07, 6.45) is 1.53. The fraction of sp³-hybridized carbons (Fsp3) is 0. The zero-order valence-electron chi connectivity index (χ0n) is 15.7. The number of nitrogens with one attached hydrogen (secondary N) is 1. The minimum absolute atomic E-state index is 0.0310. The Labute approximate surface area is 179 Å². The Bertz CT molecular complexity index is 1290. The highest BCUT2D eigenvalue weighted by Gasteiger charge is 2.11. The molecule has 0 aliphatic carbocycles. The molecule has 8 heteroatoms. The predicted octanol–water partition coefficient (Wildman–Crippen LogP) is 4.86. The normalized spacial score (nSPS) is 11.3. The van der Waals surface area contributed by atoms with Crippen molar-refractivity contribution in [3.63, 3.8) is 0 Å². The van der Waals surface area contributed by atoms with Crippen LogP contribution in [0, 0.1) is 0 Å². The lowest BCUT2D eigenvalue weighted by molar-refractivity contribution is 0.598. The van der Waals surface area contributed by atoms with Crippen LogP contribution in [0.15, 0.2) is 90.0 Å². The van der Waals surface area contributed by atoms with Crippen molar-refractivity contribution in [1.82, 2.24) is 9.97 Å². The maximum Gasteiger partial charge on any atom is 0.238 e. The van der Waals surface area contributed by atoms with Crippen LogP contribution in [0.3, 0.4) is 0 Å². The molecule has 0 unspecified atom stereocenters. The smallest absolute Gasteiger partial charge is 0.238 e. The maximum atomic E-state index is 11.4. The van der Waals surface area contributed by atoms with E-state index in [9.17, 15) is 8.42 Å². The van der Waals surface area contributed by atoms with Crippen LogP contribution >= 0.6 is 11.6 Å². The number of rotatable bonds is 5. The number of nitrogens with zero attached hydrogens (tertiary/aromatic N) is 2. The number of hydrogen-bond acceptors (Lipinski definition) is 5. The van der Waals surface area contributed by atoms with E-state index in [1.807, 2.05) is 54.6 Å². The molecule has 0 fully saturated rings. The molecule has 6 nitrogen and oxygen atoms in total. The third-order valence-electron chi connectivity index (χ3n) is 4.43. The summed E-state index contributed by atoms with van der Waals surface area (Å²) in [6.45, 7) is 0. The molecule has 30 heavy (non-hydrogen) atoms. The van der Waals surface area contributed by atoms with Crippen molar-refractivity contribution in [3.05, 3.63) is 90.1 Å². The van der Waals surface area contributed by atoms with Crippen molar-refractivity contribution < 1.29 is 8.42 Å². The molecule has 0 aliphatic heterocycles. The highest BCUT2D eigenvalue weighted by molar-refractivity contribution is 7.89. The van der Waals surface area contributed by atoms with Gasteiger partial charge >= 0.3 is 0 Å². The van der Waals surface area contributed by atoms with Gasteiger partial charge in [-0.05, 0) is 41.5 Å². The van der Waals surface area contributed by atoms with Crippen LogP contribution in [0.5, 0.6) is 0 Å². The Balaban J connectivity index is 1.64. The molecule has 0 amide bonds. The maximum absolute atomic E-state index is 11.4. The number of anilines is 2. The second kappa shape index (κ2) is 8.23. The first-order valence-corrected chi connectivity index (χ1v) is 10.9. The highest BCUT2D eigenvalue weighted by Crippen LogP contribution is 2.30. The molecular weight excluding hydrogens is 420 g/mol. The number of primary sulfonamides is 1. The zero-order chi connectivity index (χ0) is 21.1. The highest BCUT2D eigenvalue weighted by atomic mass is 35.5. The van der Waals surface area contributed by atoms with E-state index in [0.717, 1.165) is 16.7 Å². The summed E-state index contributed by atoms with van der Waals surface area (Å²) < 4.78 is 22.8. The van der Waals surface area contributed by atoms with Crippen molar-refractivity contribution in [2.24, 2.45) is 5.14 Å². The molecule has 0 atom stereocenters. The molecule has 0 saturated carbocycles.